The Morgan fingerprint density at radius 1 is 1.06 bits per heavy atom. The molecule has 0 fully saturated rings. The first-order valence-electron chi connectivity index (χ1n) is 9.51. The molecule has 0 bridgehead atoms. The largest absolute Gasteiger partial charge is 0.507 e. The molecule has 3 aromatic rings. The number of halogens is 1. The highest BCUT2D eigenvalue weighted by Crippen LogP contribution is 2.48. The van der Waals surface area contributed by atoms with Gasteiger partial charge in [0.15, 0.2) is 5.78 Å². The number of aromatic hydroxyl groups is 1. The minimum absolute atomic E-state index is 0.0121. The molecule has 0 aliphatic carbocycles. The van der Waals surface area contributed by atoms with Crippen molar-refractivity contribution in [1.82, 2.24) is 0 Å². The summed E-state index contributed by atoms with van der Waals surface area (Å²) in [5.74, 6) is -0.290. The van der Waals surface area contributed by atoms with Crippen LogP contribution < -0.4 is 14.2 Å². The van der Waals surface area contributed by atoms with Crippen molar-refractivity contribution >= 4 is 23.4 Å². The van der Waals surface area contributed by atoms with Gasteiger partial charge >= 0.3 is 5.97 Å². The summed E-state index contributed by atoms with van der Waals surface area (Å²) in [7, 11) is 3.06. The van der Waals surface area contributed by atoms with E-state index in [2.05, 4.69) is 0 Å². The fourth-order valence-electron chi connectivity index (χ4n) is 3.76. The molecule has 158 valence electrons. The number of carbonyl (C=O) groups is 2. The molecule has 0 aromatic heterocycles. The molecule has 6 nitrogen and oxygen atoms in total. The van der Waals surface area contributed by atoms with Gasteiger partial charge in [-0.2, -0.15) is 0 Å². The van der Waals surface area contributed by atoms with Crippen LogP contribution in [0.4, 0.5) is 0 Å². The number of carbonyl (C=O) groups excluding carboxylic acids is 2. The second kappa shape index (κ2) is 8.32. The first-order chi connectivity index (χ1) is 14.9. The highest BCUT2D eigenvalue weighted by atomic mass is 35.5. The molecule has 7 heteroatoms. The predicted molar refractivity (Wildman–Crippen MR) is 115 cm³/mol. The third-order valence-corrected chi connectivity index (χ3v) is 5.54. The van der Waals surface area contributed by atoms with Crippen LogP contribution in [-0.4, -0.2) is 31.1 Å². The van der Waals surface area contributed by atoms with Gasteiger partial charge in [0, 0.05) is 33.7 Å². The van der Waals surface area contributed by atoms with Gasteiger partial charge in [-0.1, -0.05) is 17.7 Å². The van der Waals surface area contributed by atoms with Gasteiger partial charge in [0.2, 0.25) is 0 Å². The number of phenols is 1. The maximum Gasteiger partial charge on any atom is 0.312 e. The molecule has 1 aliphatic heterocycles. The molecule has 1 atom stereocenters. The molecule has 0 spiro atoms. The Hall–Kier alpha value is -3.51. The molecular weight excluding hydrogens is 420 g/mol. The minimum Gasteiger partial charge on any atom is -0.507 e. The molecule has 1 heterocycles. The lowest BCUT2D eigenvalue weighted by Crippen LogP contribution is -2.22. The number of fused-ring (bicyclic) bond motifs is 1. The summed E-state index contributed by atoms with van der Waals surface area (Å²) in [6.07, 6.45) is -0.0121. The second-order valence-corrected chi connectivity index (χ2v) is 7.48. The molecule has 0 unspecified atom stereocenters. The molecule has 1 aliphatic rings. The zero-order chi connectivity index (χ0) is 22.1. The van der Waals surface area contributed by atoms with Crippen LogP contribution >= 0.6 is 11.6 Å². The van der Waals surface area contributed by atoms with Crippen LogP contribution in [0.5, 0.6) is 23.0 Å². The Kier molecular flexibility index (Phi) is 5.57. The van der Waals surface area contributed by atoms with Crippen LogP contribution in [0.15, 0.2) is 54.6 Å². The van der Waals surface area contributed by atoms with E-state index in [1.165, 1.54) is 19.2 Å². The predicted octanol–water partition coefficient (Wildman–Crippen LogP) is 4.73. The van der Waals surface area contributed by atoms with Crippen molar-refractivity contribution in [3.05, 3.63) is 81.9 Å². The number of phenolic OH excluding ortho intramolecular Hbond substituents is 1. The van der Waals surface area contributed by atoms with E-state index >= 15 is 0 Å². The third-order valence-electron chi connectivity index (χ3n) is 5.29. The Morgan fingerprint density at radius 3 is 2.48 bits per heavy atom. The van der Waals surface area contributed by atoms with Crippen LogP contribution in [0.3, 0.4) is 0 Å². The Morgan fingerprint density at radius 2 is 1.81 bits per heavy atom. The van der Waals surface area contributed by atoms with E-state index in [9.17, 15) is 14.7 Å². The zero-order valence-electron chi connectivity index (χ0n) is 16.8. The summed E-state index contributed by atoms with van der Waals surface area (Å²) < 4.78 is 16.1. The number of hydrogen-bond acceptors (Lipinski definition) is 6. The molecule has 3 aromatic carbocycles. The third kappa shape index (κ3) is 3.82. The van der Waals surface area contributed by atoms with E-state index in [1.54, 1.807) is 49.6 Å². The summed E-state index contributed by atoms with van der Waals surface area (Å²) in [5, 5.41) is 11.6. The van der Waals surface area contributed by atoms with Crippen LogP contribution in [0.1, 0.15) is 39.4 Å². The normalized spacial score (nSPS) is 15.1. The van der Waals surface area contributed by atoms with Gasteiger partial charge < -0.3 is 19.3 Å². The molecule has 0 saturated heterocycles. The van der Waals surface area contributed by atoms with E-state index in [0.29, 0.717) is 33.2 Å². The van der Waals surface area contributed by atoms with Gasteiger partial charge in [-0.25, -0.2) is 0 Å². The average molecular weight is 439 g/mol. The van der Waals surface area contributed by atoms with Crippen molar-refractivity contribution in [3.63, 3.8) is 0 Å². The smallest absolute Gasteiger partial charge is 0.312 e. The quantitative estimate of drug-likeness (QED) is 0.352. The van der Waals surface area contributed by atoms with Crippen LogP contribution in [0.2, 0.25) is 5.02 Å². The van der Waals surface area contributed by atoms with Crippen molar-refractivity contribution in [3.8, 4) is 23.0 Å². The van der Waals surface area contributed by atoms with E-state index in [0.717, 1.165) is 0 Å². The number of benzene rings is 3. The Balaban J connectivity index is 1.84. The molecule has 31 heavy (non-hydrogen) atoms. The monoisotopic (exact) mass is 438 g/mol. The molecule has 0 amide bonds. The fourth-order valence-corrected chi connectivity index (χ4v) is 3.89. The van der Waals surface area contributed by atoms with Crippen molar-refractivity contribution < 1.29 is 28.9 Å². The highest BCUT2D eigenvalue weighted by molar-refractivity contribution is 6.30. The first-order valence-corrected chi connectivity index (χ1v) is 9.89. The highest BCUT2D eigenvalue weighted by Gasteiger charge is 2.35. The lowest BCUT2D eigenvalue weighted by atomic mass is 9.83. The van der Waals surface area contributed by atoms with Gasteiger partial charge in [-0.3, -0.25) is 9.59 Å². The average Bonchev–Trinajstić information content (AvgIpc) is 2.78. The number of esters is 1. The maximum atomic E-state index is 13.0. The summed E-state index contributed by atoms with van der Waals surface area (Å²) in [6.45, 7) is 0. The molecule has 1 N–H and O–H groups in total. The lowest BCUT2D eigenvalue weighted by molar-refractivity contribution is -0.135. The standard InChI is InChI=1S/C24H19ClO6/c1-29-15-7-8-16(20(11-15)30-2)18-12-21(26)31-19-10-9-17(24(28)22(18)19)23(27)13-3-5-14(25)6-4-13/h3-11,18,28H,12H2,1-2H3/t18-/m0/s1. The van der Waals surface area contributed by atoms with Crippen molar-refractivity contribution in [2.75, 3.05) is 14.2 Å². The van der Waals surface area contributed by atoms with Gasteiger partial charge in [-0.15, -0.1) is 0 Å². The Labute approximate surface area is 183 Å². The molecular formula is C24H19ClO6. The number of hydrogen-bond donors (Lipinski definition) is 1. The van der Waals surface area contributed by atoms with Crippen LogP contribution in [0.25, 0.3) is 0 Å². The van der Waals surface area contributed by atoms with Gasteiger partial charge in [-0.05, 0) is 42.5 Å². The van der Waals surface area contributed by atoms with Gasteiger partial charge in [0.05, 0.1) is 26.2 Å². The van der Waals surface area contributed by atoms with E-state index in [4.69, 9.17) is 25.8 Å². The van der Waals surface area contributed by atoms with E-state index < -0.39 is 11.9 Å². The summed E-state index contributed by atoms with van der Waals surface area (Å²) in [5.41, 5.74) is 1.53. The molecule has 0 radical (unpaired) electrons. The van der Waals surface area contributed by atoms with Crippen molar-refractivity contribution in [1.29, 1.82) is 0 Å². The van der Waals surface area contributed by atoms with Crippen molar-refractivity contribution in [2.24, 2.45) is 0 Å². The number of methoxy groups -OCH3 is 2. The van der Waals surface area contributed by atoms with Gasteiger partial charge in [0.25, 0.3) is 0 Å². The zero-order valence-corrected chi connectivity index (χ0v) is 17.6. The van der Waals surface area contributed by atoms with E-state index in [-0.39, 0.29) is 29.3 Å². The fraction of sp³-hybridized carbons (Fsp3) is 0.167. The van der Waals surface area contributed by atoms with E-state index in [1.807, 2.05) is 0 Å². The van der Waals surface area contributed by atoms with Crippen LogP contribution in [0, 0.1) is 0 Å². The number of rotatable bonds is 5. The first kappa shape index (κ1) is 20.8. The van der Waals surface area contributed by atoms with Crippen molar-refractivity contribution in [2.45, 2.75) is 12.3 Å². The second-order valence-electron chi connectivity index (χ2n) is 7.05. The molecule has 4 rings (SSSR count). The van der Waals surface area contributed by atoms with Gasteiger partial charge in [0.1, 0.15) is 23.0 Å². The summed E-state index contributed by atoms with van der Waals surface area (Å²) in [6, 6.07) is 14.6. The maximum absolute atomic E-state index is 13.0. The topological polar surface area (TPSA) is 82.1 Å². The summed E-state index contributed by atoms with van der Waals surface area (Å²) in [4.78, 5) is 25.3. The minimum atomic E-state index is -0.560. The number of ketones is 1. The Bertz CT molecular complexity index is 1170. The molecule has 0 saturated carbocycles. The number of ether oxygens (including phenoxy) is 3. The lowest BCUT2D eigenvalue weighted by Gasteiger charge is -2.27. The SMILES string of the molecule is COc1ccc([C@@H]2CC(=O)Oc3ccc(C(=O)c4ccc(Cl)cc4)c(O)c32)c(OC)c1. The summed E-state index contributed by atoms with van der Waals surface area (Å²) >= 11 is 5.91. The van der Waals surface area contributed by atoms with Crippen LogP contribution in [-0.2, 0) is 4.79 Å².